The summed E-state index contributed by atoms with van der Waals surface area (Å²) in [7, 11) is 0. The van der Waals surface area contributed by atoms with Crippen molar-refractivity contribution in [2.45, 2.75) is 0 Å². The number of carbonyl (C=O) groups is 2. The second-order valence-corrected chi connectivity index (χ2v) is 6.63. The zero-order valence-corrected chi connectivity index (χ0v) is 16.8. The number of nitrogens with one attached hydrogen (secondary N) is 2. The molecule has 0 heterocycles. The molecule has 6 nitrogen and oxygen atoms in total. The zero-order chi connectivity index (χ0) is 22.2. The summed E-state index contributed by atoms with van der Waals surface area (Å²) in [4.78, 5) is 24.4. The van der Waals surface area contributed by atoms with Gasteiger partial charge >= 0.3 is 0 Å². The maximum absolute atomic E-state index is 13.7. The fraction of sp³-hybridized carbons (Fsp3) is 0.0909. The van der Waals surface area contributed by atoms with E-state index in [0.29, 0.717) is 17.1 Å². The zero-order valence-electron chi connectivity index (χ0n) is 16.0. The Morgan fingerprint density at radius 3 is 1.94 bits per heavy atom. The maximum Gasteiger partial charge on any atom is 0.262 e. The molecule has 0 unspecified atom stereocenters. The van der Waals surface area contributed by atoms with Gasteiger partial charge in [-0.15, -0.1) is 0 Å². The van der Waals surface area contributed by atoms with Crippen LogP contribution in [0.3, 0.4) is 0 Å². The molecule has 31 heavy (non-hydrogen) atoms. The van der Waals surface area contributed by atoms with Crippen molar-refractivity contribution in [1.82, 2.24) is 0 Å². The first-order chi connectivity index (χ1) is 14.9. The third kappa shape index (κ3) is 6.42. The second kappa shape index (κ2) is 10.4. The van der Waals surface area contributed by atoms with Gasteiger partial charge in [0.2, 0.25) is 0 Å². The summed E-state index contributed by atoms with van der Waals surface area (Å²) in [6.07, 6.45) is 0. The van der Waals surface area contributed by atoms with Gasteiger partial charge in [0.05, 0.1) is 16.4 Å². The lowest BCUT2D eigenvalue weighted by atomic mass is 10.2. The van der Waals surface area contributed by atoms with Gasteiger partial charge in [0, 0.05) is 0 Å². The summed E-state index contributed by atoms with van der Waals surface area (Å²) < 4.78 is 37.1. The molecule has 0 saturated heterocycles. The first-order valence-electron chi connectivity index (χ1n) is 9.06. The third-order valence-electron chi connectivity index (χ3n) is 3.93. The summed E-state index contributed by atoms with van der Waals surface area (Å²) in [5.74, 6) is -2.05. The van der Waals surface area contributed by atoms with E-state index < -0.39 is 30.1 Å². The highest BCUT2D eigenvalue weighted by Gasteiger charge is 2.13. The Bertz CT molecular complexity index is 1060. The molecule has 0 aliphatic carbocycles. The van der Waals surface area contributed by atoms with Crippen LogP contribution in [0.5, 0.6) is 11.5 Å². The van der Waals surface area contributed by atoms with Crippen LogP contribution >= 0.6 is 11.6 Å². The molecule has 0 fully saturated rings. The van der Waals surface area contributed by atoms with Crippen molar-refractivity contribution in [2.24, 2.45) is 0 Å². The van der Waals surface area contributed by atoms with Crippen molar-refractivity contribution < 1.29 is 27.8 Å². The van der Waals surface area contributed by atoms with Crippen molar-refractivity contribution in [2.75, 3.05) is 23.8 Å². The highest BCUT2D eigenvalue weighted by Crippen LogP contribution is 2.27. The molecule has 0 aliphatic rings. The van der Waals surface area contributed by atoms with E-state index >= 15 is 0 Å². The fourth-order valence-corrected chi connectivity index (χ4v) is 2.73. The van der Waals surface area contributed by atoms with E-state index in [1.54, 1.807) is 24.3 Å². The lowest BCUT2D eigenvalue weighted by molar-refractivity contribution is -0.119. The first kappa shape index (κ1) is 22.0. The number of hydrogen-bond acceptors (Lipinski definition) is 4. The summed E-state index contributed by atoms with van der Waals surface area (Å²) in [5.41, 5.74) is 0.637. The van der Waals surface area contributed by atoms with Gasteiger partial charge in [0.1, 0.15) is 11.6 Å². The molecular formula is C22H17ClF2N2O4. The topological polar surface area (TPSA) is 76.7 Å². The number of anilines is 2. The summed E-state index contributed by atoms with van der Waals surface area (Å²) in [6.45, 7) is -0.806. The standard InChI is InChI=1S/C22H17ClF2N2O4/c23-16-4-3-5-17(25)22(16)31-13-21(29)27-19-7-2-1-6-18(19)26-20(28)12-30-15-10-8-14(24)9-11-15/h1-11H,12-13H2,(H,26,28)(H,27,29). The van der Waals surface area contributed by atoms with Crippen molar-refractivity contribution >= 4 is 34.8 Å². The SMILES string of the molecule is O=C(COc1ccc(F)cc1)Nc1ccccc1NC(=O)COc1c(F)cccc1Cl. The average Bonchev–Trinajstić information content (AvgIpc) is 2.74. The van der Waals surface area contributed by atoms with E-state index in [4.69, 9.17) is 21.1 Å². The van der Waals surface area contributed by atoms with Gasteiger partial charge < -0.3 is 20.1 Å². The van der Waals surface area contributed by atoms with Crippen LogP contribution in [0.1, 0.15) is 0 Å². The van der Waals surface area contributed by atoms with Crippen LogP contribution < -0.4 is 20.1 Å². The van der Waals surface area contributed by atoms with Gasteiger partial charge in [-0.3, -0.25) is 9.59 Å². The van der Waals surface area contributed by atoms with Crippen LogP contribution in [0.2, 0.25) is 5.02 Å². The molecule has 3 rings (SSSR count). The number of ether oxygens (including phenoxy) is 2. The van der Waals surface area contributed by atoms with Gasteiger partial charge in [-0.2, -0.15) is 0 Å². The predicted molar refractivity (Wildman–Crippen MR) is 113 cm³/mol. The number of amides is 2. The number of carbonyl (C=O) groups excluding carboxylic acids is 2. The van der Waals surface area contributed by atoms with Crippen molar-refractivity contribution in [3.63, 3.8) is 0 Å². The molecule has 0 aromatic heterocycles. The number of halogens is 3. The predicted octanol–water partition coefficient (Wildman–Crippen LogP) is 4.65. The number of benzene rings is 3. The highest BCUT2D eigenvalue weighted by molar-refractivity contribution is 6.32. The summed E-state index contributed by atoms with van der Waals surface area (Å²) >= 11 is 5.86. The molecule has 0 radical (unpaired) electrons. The molecule has 0 spiro atoms. The number of hydrogen-bond donors (Lipinski definition) is 2. The molecule has 0 aliphatic heterocycles. The van der Waals surface area contributed by atoms with E-state index in [-0.39, 0.29) is 17.4 Å². The van der Waals surface area contributed by atoms with Crippen LogP contribution in [-0.2, 0) is 9.59 Å². The Hall–Kier alpha value is -3.65. The monoisotopic (exact) mass is 446 g/mol. The molecule has 2 N–H and O–H groups in total. The van der Waals surface area contributed by atoms with Gasteiger partial charge in [0.25, 0.3) is 11.8 Å². The molecule has 3 aromatic carbocycles. The number of rotatable bonds is 8. The highest BCUT2D eigenvalue weighted by atomic mass is 35.5. The molecule has 2 amide bonds. The minimum Gasteiger partial charge on any atom is -0.484 e. The molecular weight excluding hydrogens is 430 g/mol. The van der Waals surface area contributed by atoms with E-state index in [9.17, 15) is 18.4 Å². The van der Waals surface area contributed by atoms with E-state index in [2.05, 4.69) is 10.6 Å². The molecule has 160 valence electrons. The van der Waals surface area contributed by atoms with Crippen molar-refractivity contribution in [3.05, 3.63) is 83.4 Å². The smallest absolute Gasteiger partial charge is 0.262 e. The minimum absolute atomic E-state index is 0.0432. The van der Waals surface area contributed by atoms with Gasteiger partial charge in [-0.1, -0.05) is 29.8 Å². The Balaban J connectivity index is 1.56. The first-order valence-corrected chi connectivity index (χ1v) is 9.44. The largest absolute Gasteiger partial charge is 0.484 e. The maximum atomic E-state index is 13.7. The van der Waals surface area contributed by atoms with Crippen LogP contribution in [0, 0.1) is 11.6 Å². The van der Waals surface area contributed by atoms with Crippen LogP contribution in [0.15, 0.2) is 66.7 Å². The average molecular weight is 447 g/mol. The Labute approximate surface area is 181 Å². The molecule has 3 aromatic rings. The summed E-state index contributed by atoms with van der Waals surface area (Å²) in [5, 5.41) is 5.24. The Morgan fingerprint density at radius 1 is 0.774 bits per heavy atom. The number of para-hydroxylation sites is 3. The van der Waals surface area contributed by atoms with Crippen molar-refractivity contribution in [3.8, 4) is 11.5 Å². The van der Waals surface area contributed by atoms with Crippen LogP contribution in [-0.4, -0.2) is 25.0 Å². The lowest BCUT2D eigenvalue weighted by Gasteiger charge is -2.13. The van der Waals surface area contributed by atoms with Crippen LogP contribution in [0.25, 0.3) is 0 Å². The van der Waals surface area contributed by atoms with Gasteiger partial charge in [0.15, 0.2) is 24.8 Å². The second-order valence-electron chi connectivity index (χ2n) is 6.22. The molecule has 0 saturated carbocycles. The molecule has 9 heteroatoms. The van der Waals surface area contributed by atoms with E-state index in [1.165, 1.54) is 36.4 Å². The summed E-state index contributed by atoms with van der Waals surface area (Å²) in [6, 6.07) is 15.7. The lowest BCUT2D eigenvalue weighted by Crippen LogP contribution is -2.24. The van der Waals surface area contributed by atoms with Crippen molar-refractivity contribution in [1.29, 1.82) is 0 Å². The third-order valence-corrected chi connectivity index (χ3v) is 4.22. The fourth-order valence-electron chi connectivity index (χ4n) is 2.51. The van der Waals surface area contributed by atoms with E-state index in [1.807, 2.05) is 0 Å². The Morgan fingerprint density at radius 2 is 1.35 bits per heavy atom. The van der Waals surface area contributed by atoms with Gasteiger partial charge in [-0.25, -0.2) is 8.78 Å². The van der Waals surface area contributed by atoms with Gasteiger partial charge in [-0.05, 0) is 48.5 Å². The van der Waals surface area contributed by atoms with Crippen LogP contribution in [0.4, 0.5) is 20.2 Å². The minimum atomic E-state index is -0.686. The normalized spacial score (nSPS) is 10.3. The Kier molecular flexibility index (Phi) is 7.40. The quantitative estimate of drug-likeness (QED) is 0.528. The molecule has 0 bridgehead atoms. The van der Waals surface area contributed by atoms with E-state index in [0.717, 1.165) is 6.07 Å². The molecule has 0 atom stereocenters.